The zero-order valence-corrected chi connectivity index (χ0v) is 33.9. The van der Waals surface area contributed by atoms with Gasteiger partial charge in [-0.15, -0.1) is 0 Å². The van der Waals surface area contributed by atoms with Crippen molar-refractivity contribution in [2.24, 2.45) is 5.41 Å². The summed E-state index contributed by atoms with van der Waals surface area (Å²) in [6.07, 6.45) is 2.61. The maximum atomic E-state index is 13.9. The minimum absolute atomic E-state index is 0.0433. The first-order chi connectivity index (χ1) is 25.3. The maximum Gasteiger partial charge on any atom is 0.328 e. The number of urea groups is 1. The molecule has 0 aliphatic carbocycles. The molecule has 1 saturated heterocycles. The molecule has 0 radical (unpaired) electrons. The summed E-state index contributed by atoms with van der Waals surface area (Å²) in [7, 11) is 0. The average Bonchev–Trinajstić information content (AvgIpc) is 3.39. The Kier molecular flexibility index (Phi) is 13.4. The predicted molar refractivity (Wildman–Crippen MR) is 214 cm³/mol. The van der Waals surface area contributed by atoms with Gasteiger partial charge in [0.15, 0.2) is 11.8 Å². The molecule has 11 heteroatoms. The predicted octanol–water partition coefficient (Wildman–Crippen LogP) is 8.90. The van der Waals surface area contributed by atoms with Crippen molar-refractivity contribution in [1.82, 2.24) is 9.80 Å². The lowest BCUT2D eigenvalue weighted by atomic mass is 9.76. The Balaban J connectivity index is 1.42. The van der Waals surface area contributed by atoms with Gasteiger partial charge in [0, 0.05) is 29.6 Å². The molecule has 4 rings (SSSR count). The monoisotopic (exact) mass is 758 g/mol. The molecule has 1 heterocycles. The second kappa shape index (κ2) is 17.2. The van der Waals surface area contributed by atoms with Crippen LogP contribution in [0.15, 0.2) is 66.7 Å². The number of hydrogen-bond acceptors (Lipinski definition) is 6. The number of halogens is 1. The number of ether oxygens (including phenoxy) is 1. The van der Waals surface area contributed by atoms with Crippen molar-refractivity contribution < 1.29 is 28.7 Å². The van der Waals surface area contributed by atoms with Crippen LogP contribution in [-0.4, -0.2) is 58.5 Å². The van der Waals surface area contributed by atoms with Crippen molar-refractivity contribution in [2.75, 3.05) is 23.8 Å². The number of nitrogens with one attached hydrogen (secondary N) is 2. The Morgan fingerprint density at radius 1 is 0.852 bits per heavy atom. The normalized spacial score (nSPS) is 14.3. The molecule has 2 N–H and O–H groups in total. The van der Waals surface area contributed by atoms with Crippen molar-refractivity contribution in [3.63, 3.8) is 0 Å². The second-order valence-corrected chi connectivity index (χ2v) is 16.7. The standard InChI is InChI=1S/C43H55ClN4O6/c1-10-42(6,7)29-19-22-34(31(24-29)43(8,9)11-2)54-23-15-18-35(49)45-30-20-21-32(44)33(25-30)46-39(52)37(38(51)41(3,4)5)48-36(50)27-47(40(48)53)26-28-16-13-12-14-17-28/h12-14,16-17,19-22,24-25,37H,10-11,15,18,23,26-27H2,1-9H3,(H,45,49)(H,46,52)/t37-/m0/s1. The number of carbonyl (C=O) groups excluding carboxylic acids is 5. The number of imide groups is 1. The molecule has 1 aliphatic rings. The van der Waals surface area contributed by atoms with E-state index in [-0.39, 0.29) is 47.0 Å². The van der Waals surface area contributed by atoms with E-state index >= 15 is 0 Å². The lowest BCUT2D eigenvalue weighted by molar-refractivity contribution is -0.143. The number of Topliss-reactive ketones (excluding diaryl/α,β-unsaturated/α-hetero) is 1. The Hall–Kier alpha value is -4.70. The van der Waals surface area contributed by atoms with Gasteiger partial charge in [-0.3, -0.25) is 19.2 Å². The van der Waals surface area contributed by atoms with E-state index in [2.05, 4.69) is 64.3 Å². The SMILES string of the molecule is CCC(C)(C)c1ccc(OCCCC(=O)Nc2ccc(Cl)c(NC(=O)[C@H](C(=O)C(C)(C)C)N3C(=O)CN(Cc4ccccc4)C3=O)c2)c(C(C)(C)CC)c1. The highest BCUT2D eigenvalue weighted by Crippen LogP contribution is 2.38. The minimum Gasteiger partial charge on any atom is -0.493 e. The van der Waals surface area contributed by atoms with Crippen molar-refractivity contribution in [3.8, 4) is 5.75 Å². The third kappa shape index (κ3) is 10.1. The molecular formula is C43H55ClN4O6. The van der Waals surface area contributed by atoms with Crippen LogP contribution in [0.3, 0.4) is 0 Å². The largest absolute Gasteiger partial charge is 0.493 e. The molecule has 1 fully saturated rings. The Morgan fingerprint density at radius 2 is 1.52 bits per heavy atom. The third-order valence-electron chi connectivity index (χ3n) is 10.4. The first-order valence-electron chi connectivity index (χ1n) is 18.7. The summed E-state index contributed by atoms with van der Waals surface area (Å²) in [6, 6.07) is 17.7. The Bertz CT molecular complexity index is 1870. The fraction of sp³-hybridized carbons (Fsp3) is 0.465. The summed E-state index contributed by atoms with van der Waals surface area (Å²) in [5.41, 5.74) is 2.58. The van der Waals surface area contributed by atoms with Crippen molar-refractivity contribution >= 4 is 52.5 Å². The number of benzene rings is 3. The first kappa shape index (κ1) is 42.0. The van der Waals surface area contributed by atoms with E-state index in [1.165, 1.54) is 22.6 Å². The Morgan fingerprint density at radius 3 is 2.15 bits per heavy atom. The summed E-state index contributed by atoms with van der Waals surface area (Å²) in [4.78, 5) is 69.3. The van der Waals surface area contributed by atoms with E-state index in [9.17, 15) is 24.0 Å². The molecule has 10 nitrogen and oxygen atoms in total. The van der Waals surface area contributed by atoms with E-state index in [1.807, 2.05) is 36.4 Å². The van der Waals surface area contributed by atoms with Gasteiger partial charge in [-0.2, -0.15) is 0 Å². The summed E-state index contributed by atoms with van der Waals surface area (Å²) in [6.45, 7) is 18.3. The van der Waals surface area contributed by atoms with Gasteiger partial charge < -0.3 is 20.3 Å². The molecule has 54 heavy (non-hydrogen) atoms. The van der Waals surface area contributed by atoms with Gasteiger partial charge in [0.1, 0.15) is 12.3 Å². The quantitative estimate of drug-likeness (QED) is 0.0854. The molecule has 290 valence electrons. The molecule has 0 unspecified atom stereocenters. The fourth-order valence-corrected chi connectivity index (χ4v) is 6.21. The van der Waals surface area contributed by atoms with E-state index < -0.39 is 35.1 Å². The number of nitrogens with zero attached hydrogens (tertiary/aromatic N) is 2. The molecule has 1 aliphatic heterocycles. The smallest absolute Gasteiger partial charge is 0.328 e. The van der Waals surface area contributed by atoms with E-state index in [0.717, 1.165) is 34.6 Å². The topological polar surface area (TPSA) is 125 Å². The summed E-state index contributed by atoms with van der Waals surface area (Å²) < 4.78 is 6.24. The molecule has 3 aromatic carbocycles. The van der Waals surface area contributed by atoms with Crippen LogP contribution >= 0.6 is 11.6 Å². The number of amides is 5. The third-order valence-corrected chi connectivity index (χ3v) is 10.7. The van der Waals surface area contributed by atoms with Crippen molar-refractivity contribution in [2.45, 2.75) is 111 Å². The van der Waals surface area contributed by atoms with Gasteiger partial charge in [0.05, 0.1) is 17.3 Å². The highest BCUT2D eigenvalue weighted by Gasteiger charge is 2.49. The molecule has 0 saturated carbocycles. The van der Waals surface area contributed by atoms with Gasteiger partial charge in [-0.25, -0.2) is 9.69 Å². The average molecular weight is 759 g/mol. The molecule has 1 atom stereocenters. The number of ketones is 1. The van der Waals surface area contributed by atoms with Crippen LogP contribution in [0.5, 0.6) is 5.75 Å². The molecule has 0 spiro atoms. The van der Waals surface area contributed by atoms with Crippen LogP contribution in [0.1, 0.15) is 105 Å². The lowest BCUT2D eigenvalue weighted by Crippen LogP contribution is -2.55. The number of hydrogen-bond donors (Lipinski definition) is 2. The summed E-state index contributed by atoms with van der Waals surface area (Å²) in [5, 5.41) is 5.62. The lowest BCUT2D eigenvalue weighted by Gasteiger charge is -2.30. The Labute approximate surface area is 325 Å². The minimum atomic E-state index is -1.74. The van der Waals surface area contributed by atoms with Crippen LogP contribution in [-0.2, 0) is 36.6 Å². The fourth-order valence-electron chi connectivity index (χ4n) is 6.05. The van der Waals surface area contributed by atoms with Crippen LogP contribution < -0.4 is 15.4 Å². The zero-order chi connectivity index (χ0) is 40.0. The second-order valence-electron chi connectivity index (χ2n) is 16.3. The van der Waals surface area contributed by atoms with Gasteiger partial charge in [-0.05, 0) is 65.5 Å². The van der Waals surface area contributed by atoms with Gasteiger partial charge in [0.2, 0.25) is 5.91 Å². The maximum absolute atomic E-state index is 13.9. The van der Waals surface area contributed by atoms with Crippen molar-refractivity contribution in [1.29, 1.82) is 0 Å². The molecule has 5 amide bonds. The van der Waals surface area contributed by atoms with Gasteiger partial charge >= 0.3 is 6.03 Å². The number of anilines is 2. The number of rotatable bonds is 16. The van der Waals surface area contributed by atoms with Gasteiger partial charge in [0.25, 0.3) is 11.8 Å². The van der Waals surface area contributed by atoms with Crippen LogP contribution in [0.4, 0.5) is 16.2 Å². The van der Waals surface area contributed by atoms with Crippen LogP contribution in [0.2, 0.25) is 5.02 Å². The molecular weight excluding hydrogens is 704 g/mol. The highest BCUT2D eigenvalue weighted by atomic mass is 35.5. The van der Waals surface area contributed by atoms with E-state index in [0.29, 0.717) is 18.7 Å². The van der Waals surface area contributed by atoms with E-state index in [4.69, 9.17) is 16.3 Å². The molecule has 0 bridgehead atoms. The number of carbonyl (C=O) groups is 5. The van der Waals surface area contributed by atoms with Crippen LogP contribution in [0, 0.1) is 5.41 Å². The summed E-state index contributed by atoms with van der Waals surface area (Å²) >= 11 is 6.46. The summed E-state index contributed by atoms with van der Waals surface area (Å²) in [5.74, 6) is -1.61. The highest BCUT2D eigenvalue weighted by molar-refractivity contribution is 6.34. The molecule has 3 aromatic rings. The molecule has 0 aromatic heterocycles. The van der Waals surface area contributed by atoms with E-state index in [1.54, 1.807) is 26.8 Å². The van der Waals surface area contributed by atoms with Gasteiger partial charge in [-0.1, -0.05) is 116 Å². The van der Waals surface area contributed by atoms with Crippen LogP contribution in [0.25, 0.3) is 0 Å². The van der Waals surface area contributed by atoms with Crippen molar-refractivity contribution in [3.05, 3.63) is 88.4 Å². The zero-order valence-electron chi connectivity index (χ0n) is 33.1. The first-order valence-corrected chi connectivity index (χ1v) is 19.0.